The van der Waals surface area contributed by atoms with E-state index < -0.39 is 0 Å². The van der Waals surface area contributed by atoms with Crippen LogP contribution in [0.4, 0.5) is 4.39 Å². The Kier molecular flexibility index (Phi) is 4.43. The van der Waals surface area contributed by atoms with E-state index in [-0.39, 0.29) is 16.9 Å². The van der Waals surface area contributed by atoms with Crippen LogP contribution in [0.2, 0.25) is 5.02 Å². The first kappa shape index (κ1) is 14.0. The number of halogens is 3. The van der Waals surface area contributed by atoms with Crippen LogP contribution in [0.1, 0.15) is 21.4 Å². The molecular weight excluding hydrogens is 337 g/mol. The van der Waals surface area contributed by atoms with Gasteiger partial charge >= 0.3 is 0 Å². The summed E-state index contributed by atoms with van der Waals surface area (Å²) in [5.41, 5.74) is 0.752. The molecule has 1 atom stereocenters. The van der Waals surface area contributed by atoms with Crippen LogP contribution >= 0.6 is 38.9 Å². The maximum Gasteiger partial charge on any atom is 0.142 e. The van der Waals surface area contributed by atoms with E-state index in [1.165, 1.54) is 10.9 Å². The predicted octanol–water partition coefficient (Wildman–Crippen LogP) is 4.92. The number of hydrogen-bond acceptors (Lipinski definition) is 2. The molecule has 0 fully saturated rings. The van der Waals surface area contributed by atoms with Crippen molar-refractivity contribution in [3.8, 4) is 0 Å². The highest BCUT2D eigenvalue weighted by molar-refractivity contribution is 9.10. The van der Waals surface area contributed by atoms with Gasteiger partial charge in [0.1, 0.15) is 5.82 Å². The monoisotopic (exact) mass is 347 g/mol. The molecule has 5 heteroatoms. The molecule has 0 saturated heterocycles. The zero-order valence-corrected chi connectivity index (χ0v) is 13.1. The molecule has 2 rings (SSSR count). The van der Waals surface area contributed by atoms with Crippen molar-refractivity contribution in [3.63, 3.8) is 0 Å². The smallest absolute Gasteiger partial charge is 0.142 e. The molecule has 0 saturated carbocycles. The van der Waals surface area contributed by atoms with Gasteiger partial charge in [0.15, 0.2) is 0 Å². The van der Waals surface area contributed by atoms with E-state index in [0.717, 1.165) is 14.9 Å². The van der Waals surface area contributed by atoms with Crippen LogP contribution in [-0.2, 0) is 0 Å². The second-order valence-electron chi connectivity index (χ2n) is 3.93. The maximum absolute atomic E-state index is 13.5. The molecule has 1 aromatic heterocycles. The summed E-state index contributed by atoms with van der Waals surface area (Å²) < 4.78 is 14.5. The van der Waals surface area contributed by atoms with E-state index in [2.05, 4.69) is 27.3 Å². The number of aryl methyl sites for hydroxylation is 1. The fourth-order valence-electron chi connectivity index (χ4n) is 1.87. The fourth-order valence-corrected chi connectivity index (χ4v) is 4.11. The molecule has 0 aliphatic heterocycles. The molecule has 1 unspecified atom stereocenters. The van der Waals surface area contributed by atoms with Crippen molar-refractivity contribution in [2.45, 2.75) is 13.0 Å². The van der Waals surface area contributed by atoms with E-state index in [0.29, 0.717) is 0 Å². The molecule has 0 amide bonds. The molecule has 0 aliphatic carbocycles. The van der Waals surface area contributed by atoms with Gasteiger partial charge < -0.3 is 5.32 Å². The van der Waals surface area contributed by atoms with Crippen molar-refractivity contribution in [3.05, 3.63) is 54.9 Å². The third-order valence-corrected chi connectivity index (χ3v) is 5.11. The van der Waals surface area contributed by atoms with Crippen molar-refractivity contribution in [2.75, 3.05) is 7.05 Å². The van der Waals surface area contributed by atoms with E-state index in [4.69, 9.17) is 11.6 Å². The van der Waals surface area contributed by atoms with Crippen LogP contribution in [-0.4, -0.2) is 7.05 Å². The van der Waals surface area contributed by atoms with Gasteiger partial charge in [-0.05, 0) is 47.6 Å². The summed E-state index contributed by atoms with van der Waals surface area (Å²) in [6.45, 7) is 2.04. The van der Waals surface area contributed by atoms with Crippen molar-refractivity contribution in [2.24, 2.45) is 0 Å². The fraction of sp³-hybridized carbons (Fsp3) is 0.231. The third-order valence-electron chi connectivity index (χ3n) is 2.68. The van der Waals surface area contributed by atoms with E-state index in [1.807, 2.05) is 20.0 Å². The summed E-state index contributed by atoms with van der Waals surface area (Å²) in [4.78, 5) is 2.30. The average molecular weight is 349 g/mol. The highest BCUT2D eigenvalue weighted by Gasteiger charge is 2.21. The average Bonchev–Trinajstić information content (AvgIpc) is 2.65. The number of benzene rings is 1. The number of thiophene rings is 1. The molecule has 0 spiro atoms. The van der Waals surface area contributed by atoms with Crippen molar-refractivity contribution in [1.82, 2.24) is 5.32 Å². The molecule has 2 aromatic rings. The topological polar surface area (TPSA) is 12.0 Å². The van der Waals surface area contributed by atoms with Gasteiger partial charge in [-0.15, -0.1) is 11.3 Å². The Morgan fingerprint density at radius 1 is 1.44 bits per heavy atom. The Bertz CT molecular complexity index is 570. The van der Waals surface area contributed by atoms with Crippen LogP contribution in [0.5, 0.6) is 0 Å². The molecule has 0 bridgehead atoms. The Morgan fingerprint density at radius 2 is 2.17 bits per heavy atom. The molecule has 0 radical (unpaired) electrons. The molecular formula is C13H12BrClFNS. The normalized spacial score (nSPS) is 12.7. The third kappa shape index (κ3) is 2.62. The first-order valence-electron chi connectivity index (χ1n) is 5.41. The van der Waals surface area contributed by atoms with Crippen LogP contribution in [0.15, 0.2) is 28.7 Å². The minimum atomic E-state index is -0.390. The Balaban J connectivity index is 2.52. The molecule has 18 heavy (non-hydrogen) atoms. The molecule has 1 N–H and O–H groups in total. The highest BCUT2D eigenvalue weighted by atomic mass is 79.9. The number of hydrogen-bond donors (Lipinski definition) is 1. The first-order valence-corrected chi connectivity index (χ1v) is 7.40. The summed E-state index contributed by atoms with van der Waals surface area (Å²) >= 11 is 11.2. The summed E-state index contributed by atoms with van der Waals surface area (Å²) in [6.07, 6.45) is 0. The van der Waals surface area contributed by atoms with Crippen molar-refractivity contribution >= 4 is 38.9 Å². The Morgan fingerprint density at radius 3 is 2.72 bits per heavy atom. The lowest BCUT2D eigenvalue weighted by atomic mass is 10.1. The van der Waals surface area contributed by atoms with E-state index in [1.54, 1.807) is 17.4 Å². The van der Waals surface area contributed by atoms with Gasteiger partial charge in [0.2, 0.25) is 0 Å². The lowest BCUT2D eigenvalue weighted by Crippen LogP contribution is -2.17. The van der Waals surface area contributed by atoms with Crippen molar-refractivity contribution < 1.29 is 4.39 Å². The lowest BCUT2D eigenvalue weighted by Gasteiger charge is -2.17. The second kappa shape index (κ2) is 5.70. The zero-order valence-electron chi connectivity index (χ0n) is 9.93. The SMILES string of the molecule is CNC(c1cccc(F)c1Cl)c1sc(C)cc1Br. The van der Waals surface area contributed by atoms with Crippen LogP contribution in [0.3, 0.4) is 0 Å². The van der Waals surface area contributed by atoms with Gasteiger partial charge in [0.05, 0.1) is 11.1 Å². The summed E-state index contributed by atoms with van der Waals surface area (Å²) in [5.74, 6) is -0.390. The Hall–Kier alpha value is -0.420. The molecule has 1 nitrogen and oxygen atoms in total. The van der Waals surface area contributed by atoms with Crippen LogP contribution < -0.4 is 5.32 Å². The van der Waals surface area contributed by atoms with Gasteiger partial charge in [-0.1, -0.05) is 23.7 Å². The summed E-state index contributed by atoms with van der Waals surface area (Å²) in [5, 5.41) is 3.36. The number of rotatable bonds is 3. The molecule has 1 aromatic carbocycles. The standard InChI is InChI=1S/C13H12BrClFNS/c1-7-6-9(14)13(18-7)12(17-2)8-4-3-5-10(16)11(8)15/h3-6,12,17H,1-2H3. The summed E-state index contributed by atoms with van der Waals surface area (Å²) in [6, 6.07) is 6.83. The molecule has 1 heterocycles. The van der Waals surface area contributed by atoms with Gasteiger partial charge in [0.25, 0.3) is 0 Å². The van der Waals surface area contributed by atoms with Gasteiger partial charge in [-0.2, -0.15) is 0 Å². The largest absolute Gasteiger partial charge is 0.309 e. The minimum absolute atomic E-state index is 0.110. The lowest BCUT2D eigenvalue weighted by molar-refractivity contribution is 0.618. The quantitative estimate of drug-likeness (QED) is 0.830. The van der Waals surface area contributed by atoms with E-state index in [9.17, 15) is 4.39 Å². The van der Waals surface area contributed by atoms with Crippen LogP contribution in [0, 0.1) is 12.7 Å². The van der Waals surface area contributed by atoms with Crippen molar-refractivity contribution in [1.29, 1.82) is 0 Å². The van der Waals surface area contributed by atoms with Gasteiger partial charge in [-0.25, -0.2) is 4.39 Å². The molecule has 96 valence electrons. The summed E-state index contributed by atoms with van der Waals surface area (Å²) in [7, 11) is 1.84. The van der Waals surface area contributed by atoms with E-state index >= 15 is 0 Å². The van der Waals surface area contributed by atoms with Gasteiger partial charge in [0, 0.05) is 14.2 Å². The zero-order chi connectivity index (χ0) is 13.3. The second-order valence-corrected chi connectivity index (χ2v) is 6.45. The first-order chi connectivity index (χ1) is 8.54. The molecule has 0 aliphatic rings. The van der Waals surface area contributed by atoms with Crippen LogP contribution in [0.25, 0.3) is 0 Å². The highest BCUT2D eigenvalue weighted by Crippen LogP contribution is 2.38. The minimum Gasteiger partial charge on any atom is -0.309 e. The Labute approximate surface area is 123 Å². The number of nitrogens with one attached hydrogen (secondary N) is 1. The van der Waals surface area contributed by atoms with Gasteiger partial charge in [-0.3, -0.25) is 0 Å². The predicted molar refractivity (Wildman–Crippen MR) is 79.1 cm³/mol. The maximum atomic E-state index is 13.5.